The number of aryl methyl sites for hydroxylation is 1. The van der Waals surface area contributed by atoms with Crippen molar-refractivity contribution >= 4 is 5.91 Å². The van der Waals surface area contributed by atoms with Gasteiger partial charge in [-0.05, 0) is 30.5 Å². The second-order valence-corrected chi connectivity index (χ2v) is 6.54. The second-order valence-electron chi connectivity index (χ2n) is 6.54. The van der Waals surface area contributed by atoms with Crippen molar-refractivity contribution in [1.82, 2.24) is 4.90 Å². The second kappa shape index (κ2) is 7.33. The summed E-state index contributed by atoms with van der Waals surface area (Å²) in [5.41, 5.74) is 0.0603. The molecule has 4 nitrogen and oxygen atoms in total. The van der Waals surface area contributed by atoms with Crippen LogP contribution in [0.1, 0.15) is 36.8 Å². The van der Waals surface area contributed by atoms with E-state index in [9.17, 15) is 18.0 Å². The molecule has 0 saturated carbocycles. The Labute approximate surface area is 144 Å². The fourth-order valence-electron chi connectivity index (χ4n) is 3.27. The Bertz CT molecular complexity index is 585. The van der Waals surface area contributed by atoms with Gasteiger partial charge in [0.15, 0.2) is 5.79 Å². The predicted octanol–water partition coefficient (Wildman–Crippen LogP) is 3.39. The SMILES string of the molecule is O=C(CCc1ccc(C(F)(F)F)cc1)N1CCC2(CC1)OCCCO2. The number of likely N-dealkylation sites (tertiary alicyclic amines) is 1. The number of hydrogen-bond donors (Lipinski definition) is 0. The summed E-state index contributed by atoms with van der Waals surface area (Å²) in [5, 5.41) is 0. The van der Waals surface area contributed by atoms with E-state index < -0.39 is 17.5 Å². The highest BCUT2D eigenvalue weighted by Crippen LogP contribution is 2.31. The molecule has 0 aromatic heterocycles. The smallest absolute Gasteiger partial charge is 0.350 e. The largest absolute Gasteiger partial charge is 0.416 e. The van der Waals surface area contributed by atoms with Gasteiger partial charge in [0, 0.05) is 32.4 Å². The minimum atomic E-state index is -4.33. The molecule has 138 valence electrons. The Morgan fingerprint density at radius 2 is 1.68 bits per heavy atom. The number of amides is 1. The Kier molecular flexibility index (Phi) is 5.34. The van der Waals surface area contributed by atoms with Crippen LogP contribution in [-0.4, -0.2) is 42.9 Å². The molecule has 0 aliphatic carbocycles. The monoisotopic (exact) mass is 357 g/mol. The van der Waals surface area contributed by atoms with E-state index in [1.165, 1.54) is 12.1 Å². The molecule has 2 aliphatic rings. The van der Waals surface area contributed by atoms with Gasteiger partial charge in [0.25, 0.3) is 0 Å². The summed E-state index contributed by atoms with van der Waals surface area (Å²) in [5.74, 6) is -0.506. The van der Waals surface area contributed by atoms with Crippen LogP contribution in [-0.2, 0) is 26.9 Å². The molecule has 7 heteroatoms. The molecule has 25 heavy (non-hydrogen) atoms. The number of carbonyl (C=O) groups is 1. The van der Waals surface area contributed by atoms with Crippen molar-refractivity contribution in [3.05, 3.63) is 35.4 Å². The number of nitrogens with zero attached hydrogens (tertiary/aromatic N) is 1. The Hall–Kier alpha value is -1.60. The minimum absolute atomic E-state index is 0.0190. The summed E-state index contributed by atoms with van der Waals surface area (Å²) in [6.07, 6.45) is -1.37. The molecule has 0 bridgehead atoms. The summed E-state index contributed by atoms with van der Waals surface area (Å²) in [6.45, 7) is 2.57. The number of carbonyl (C=O) groups excluding carboxylic acids is 1. The van der Waals surface area contributed by atoms with Gasteiger partial charge in [-0.25, -0.2) is 0 Å². The van der Waals surface area contributed by atoms with Crippen LogP contribution in [0.15, 0.2) is 24.3 Å². The Morgan fingerprint density at radius 3 is 2.24 bits per heavy atom. The molecule has 2 aliphatic heterocycles. The van der Waals surface area contributed by atoms with E-state index in [0.717, 1.165) is 24.1 Å². The number of rotatable bonds is 3. The first-order chi connectivity index (χ1) is 11.9. The van der Waals surface area contributed by atoms with Gasteiger partial charge in [-0.2, -0.15) is 13.2 Å². The number of ether oxygens (including phenoxy) is 2. The van der Waals surface area contributed by atoms with Gasteiger partial charge in [-0.1, -0.05) is 12.1 Å². The molecule has 1 amide bonds. The maximum absolute atomic E-state index is 12.5. The zero-order valence-corrected chi connectivity index (χ0v) is 14.0. The molecule has 1 aromatic carbocycles. The third kappa shape index (κ3) is 4.52. The summed E-state index contributed by atoms with van der Waals surface area (Å²) in [7, 11) is 0. The summed E-state index contributed by atoms with van der Waals surface area (Å²) in [6, 6.07) is 4.99. The first kappa shape index (κ1) is 18.2. The van der Waals surface area contributed by atoms with Crippen LogP contribution >= 0.6 is 0 Å². The van der Waals surface area contributed by atoms with Crippen LogP contribution in [0, 0.1) is 0 Å². The van der Waals surface area contributed by atoms with Crippen molar-refractivity contribution in [2.24, 2.45) is 0 Å². The Balaban J connectivity index is 1.47. The molecule has 0 N–H and O–H groups in total. The highest BCUT2D eigenvalue weighted by Gasteiger charge is 2.39. The Morgan fingerprint density at radius 1 is 1.08 bits per heavy atom. The van der Waals surface area contributed by atoms with Gasteiger partial charge < -0.3 is 14.4 Å². The maximum atomic E-state index is 12.5. The van der Waals surface area contributed by atoms with Crippen LogP contribution in [0.3, 0.4) is 0 Å². The van der Waals surface area contributed by atoms with E-state index in [2.05, 4.69) is 0 Å². The average molecular weight is 357 g/mol. The lowest BCUT2D eigenvalue weighted by atomic mass is 10.0. The van der Waals surface area contributed by atoms with Crippen molar-refractivity contribution in [2.45, 2.75) is 44.1 Å². The molecule has 2 heterocycles. The number of hydrogen-bond acceptors (Lipinski definition) is 3. The number of benzene rings is 1. The quantitative estimate of drug-likeness (QED) is 0.832. The molecular formula is C18H22F3NO3. The maximum Gasteiger partial charge on any atom is 0.416 e. The van der Waals surface area contributed by atoms with Crippen LogP contribution in [0.4, 0.5) is 13.2 Å². The van der Waals surface area contributed by atoms with Gasteiger partial charge in [0.2, 0.25) is 5.91 Å². The normalized spacial score (nSPS) is 20.7. The van der Waals surface area contributed by atoms with Crippen molar-refractivity contribution in [1.29, 1.82) is 0 Å². The molecule has 2 saturated heterocycles. The van der Waals surface area contributed by atoms with Crippen molar-refractivity contribution in [3.63, 3.8) is 0 Å². The third-order valence-electron chi connectivity index (χ3n) is 4.81. The van der Waals surface area contributed by atoms with E-state index >= 15 is 0 Å². The molecule has 1 aromatic rings. The topological polar surface area (TPSA) is 38.8 Å². The minimum Gasteiger partial charge on any atom is -0.350 e. The molecular weight excluding hydrogens is 335 g/mol. The van der Waals surface area contributed by atoms with E-state index in [1.54, 1.807) is 4.90 Å². The van der Waals surface area contributed by atoms with E-state index in [-0.39, 0.29) is 5.91 Å². The molecule has 1 spiro atoms. The molecule has 0 atom stereocenters. The summed E-state index contributed by atoms with van der Waals surface area (Å²) in [4.78, 5) is 14.1. The lowest BCUT2D eigenvalue weighted by Crippen LogP contribution is -2.51. The van der Waals surface area contributed by atoms with Crippen molar-refractivity contribution < 1.29 is 27.4 Å². The zero-order valence-electron chi connectivity index (χ0n) is 14.0. The highest BCUT2D eigenvalue weighted by molar-refractivity contribution is 5.76. The van der Waals surface area contributed by atoms with E-state index in [1.807, 2.05) is 0 Å². The van der Waals surface area contributed by atoms with Gasteiger partial charge in [0.05, 0.1) is 18.8 Å². The van der Waals surface area contributed by atoms with Crippen molar-refractivity contribution in [3.8, 4) is 0 Å². The van der Waals surface area contributed by atoms with Crippen LogP contribution < -0.4 is 0 Å². The molecule has 2 fully saturated rings. The lowest BCUT2D eigenvalue weighted by molar-refractivity contribution is -0.282. The fourth-order valence-corrected chi connectivity index (χ4v) is 3.27. The van der Waals surface area contributed by atoms with Crippen LogP contribution in [0.2, 0.25) is 0 Å². The number of piperidine rings is 1. The summed E-state index contributed by atoms with van der Waals surface area (Å²) >= 11 is 0. The first-order valence-electron chi connectivity index (χ1n) is 8.60. The predicted molar refractivity (Wildman–Crippen MR) is 84.8 cm³/mol. The molecule has 0 unspecified atom stereocenters. The molecule has 0 radical (unpaired) electrons. The highest BCUT2D eigenvalue weighted by atomic mass is 19.4. The lowest BCUT2D eigenvalue weighted by Gasteiger charge is -2.43. The third-order valence-corrected chi connectivity index (χ3v) is 4.81. The van der Waals surface area contributed by atoms with Gasteiger partial charge >= 0.3 is 6.18 Å². The van der Waals surface area contributed by atoms with Crippen LogP contribution in [0.25, 0.3) is 0 Å². The zero-order chi connectivity index (χ0) is 17.9. The summed E-state index contributed by atoms with van der Waals surface area (Å²) < 4.78 is 49.1. The molecule has 3 rings (SSSR count). The number of halogens is 3. The van der Waals surface area contributed by atoms with Gasteiger partial charge in [-0.15, -0.1) is 0 Å². The first-order valence-corrected chi connectivity index (χ1v) is 8.60. The average Bonchev–Trinajstić information content (AvgIpc) is 2.61. The number of alkyl halides is 3. The van der Waals surface area contributed by atoms with Gasteiger partial charge in [0.1, 0.15) is 0 Å². The standard InChI is InChI=1S/C18H22F3NO3/c19-18(20,21)15-5-2-14(3-6-15)4-7-16(23)22-10-8-17(9-11-22)24-12-1-13-25-17/h2-3,5-6H,1,4,7-13H2. The van der Waals surface area contributed by atoms with Crippen molar-refractivity contribution in [2.75, 3.05) is 26.3 Å². The fraction of sp³-hybridized carbons (Fsp3) is 0.611. The van der Waals surface area contributed by atoms with E-state index in [0.29, 0.717) is 52.0 Å². The van der Waals surface area contributed by atoms with Gasteiger partial charge in [-0.3, -0.25) is 4.79 Å². The van der Waals surface area contributed by atoms with E-state index in [4.69, 9.17) is 9.47 Å². The van der Waals surface area contributed by atoms with Crippen LogP contribution in [0.5, 0.6) is 0 Å².